The number of aryl methyl sites for hydroxylation is 2. The van der Waals surface area contributed by atoms with Crippen LogP contribution in [0, 0.1) is 13.8 Å². The molecule has 2 N–H and O–H groups in total. The number of ether oxygens (including phenoxy) is 2. The van der Waals surface area contributed by atoms with Gasteiger partial charge < -0.3 is 20.1 Å². The highest BCUT2D eigenvalue weighted by Gasteiger charge is 2.18. The van der Waals surface area contributed by atoms with Crippen molar-refractivity contribution in [1.82, 2.24) is 5.32 Å². The molecule has 0 spiro atoms. The molecule has 0 aliphatic rings. The van der Waals surface area contributed by atoms with Crippen LogP contribution in [-0.2, 0) is 14.3 Å². The Morgan fingerprint density at radius 2 is 1.81 bits per heavy atom. The van der Waals surface area contributed by atoms with E-state index in [0.717, 1.165) is 16.7 Å². The highest BCUT2D eigenvalue weighted by molar-refractivity contribution is 6.39. The van der Waals surface area contributed by atoms with Gasteiger partial charge in [-0.15, -0.1) is 0 Å². The minimum absolute atomic E-state index is 0.169. The molecular formula is C20H24N2O4. The number of methoxy groups -OCH3 is 2. The first-order valence-corrected chi connectivity index (χ1v) is 8.27. The van der Waals surface area contributed by atoms with Gasteiger partial charge in [-0.3, -0.25) is 9.59 Å². The summed E-state index contributed by atoms with van der Waals surface area (Å²) >= 11 is 0. The van der Waals surface area contributed by atoms with Crippen LogP contribution in [0.15, 0.2) is 42.5 Å². The molecule has 1 atom stereocenters. The zero-order valence-electron chi connectivity index (χ0n) is 15.5. The van der Waals surface area contributed by atoms with Crippen molar-refractivity contribution >= 4 is 17.5 Å². The average molecular weight is 356 g/mol. The molecule has 0 aromatic heterocycles. The minimum Gasteiger partial charge on any atom is -0.497 e. The molecule has 6 nitrogen and oxygen atoms in total. The molecule has 138 valence electrons. The summed E-state index contributed by atoms with van der Waals surface area (Å²) in [5, 5.41) is 5.25. The predicted octanol–water partition coefficient (Wildman–Crippen LogP) is 2.75. The van der Waals surface area contributed by atoms with E-state index in [1.54, 1.807) is 14.2 Å². The number of nitrogens with one attached hydrogen (secondary N) is 2. The van der Waals surface area contributed by atoms with Crippen LogP contribution < -0.4 is 15.4 Å². The van der Waals surface area contributed by atoms with E-state index >= 15 is 0 Å². The van der Waals surface area contributed by atoms with Crippen molar-refractivity contribution in [3.63, 3.8) is 0 Å². The van der Waals surface area contributed by atoms with Crippen LogP contribution in [0.5, 0.6) is 5.75 Å². The molecule has 26 heavy (non-hydrogen) atoms. The Hall–Kier alpha value is -2.86. The van der Waals surface area contributed by atoms with Crippen molar-refractivity contribution in [2.45, 2.75) is 20.0 Å². The highest BCUT2D eigenvalue weighted by Crippen LogP contribution is 2.21. The third-order valence-corrected chi connectivity index (χ3v) is 4.05. The fourth-order valence-electron chi connectivity index (χ4n) is 2.49. The van der Waals surface area contributed by atoms with Gasteiger partial charge >= 0.3 is 11.8 Å². The fourth-order valence-corrected chi connectivity index (χ4v) is 2.49. The molecule has 0 heterocycles. The first-order chi connectivity index (χ1) is 12.4. The lowest BCUT2D eigenvalue weighted by atomic mass is 10.1. The third kappa shape index (κ3) is 5.07. The highest BCUT2D eigenvalue weighted by atomic mass is 16.5. The van der Waals surface area contributed by atoms with Gasteiger partial charge in [0, 0.05) is 19.3 Å². The van der Waals surface area contributed by atoms with Crippen molar-refractivity contribution in [2.24, 2.45) is 0 Å². The number of amides is 2. The van der Waals surface area contributed by atoms with Crippen molar-refractivity contribution in [3.8, 4) is 5.75 Å². The molecule has 0 fully saturated rings. The molecule has 0 saturated heterocycles. The fraction of sp³-hybridized carbons (Fsp3) is 0.300. The van der Waals surface area contributed by atoms with E-state index in [2.05, 4.69) is 10.6 Å². The van der Waals surface area contributed by atoms with Gasteiger partial charge in [0.15, 0.2) is 0 Å². The lowest BCUT2D eigenvalue weighted by Gasteiger charge is -2.17. The minimum atomic E-state index is -0.712. The number of hydrogen-bond acceptors (Lipinski definition) is 4. The lowest BCUT2D eigenvalue weighted by molar-refractivity contribution is -0.136. The van der Waals surface area contributed by atoms with E-state index in [1.165, 1.54) is 0 Å². The number of carbonyl (C=O) groups is 2. The van der Waals surface area contributed by atoms with Gasteiger partial charge in [-0.25, -0.2) is 0 Å². The average Bonchev–Trinajstić information content (AvgIpc) is 2.65. The normalized spacial score (nSPS) is 11.5. The first-order valence-electron chi connectivity index (χ1n) is 8.27. The Morgan fingerprint density at radius 3 is 2.50 bits per heavy atom. The van der Waals surface area contributed by atoms with Gasteiger partial charge in [0.2, 0.25) is 0 Å². The van der Waals surface area contributed by atoms with Crippen molar-refractivity contribution < 1.29 is 19.1 Å². The number of rotatable bonds is 6. The van der Waals surface area contributed by atoms with Crippen LogP contribution in [0.3, 0.4) is 0 Å². The standard InChI is InChI=1S/C20H24N2O4/c1-13-8-9-14(2)17(10-13)22-20(24)19(23)21-12-18(26-4)15-6-5-7-16(11-15)25-3/h5-11,18H,12H2,1-4H3,(H,21,23)(H,22,24). The van der Waals surface area contributed by atoms with Gasteiger partial charge in [-0.2, -0.15) is 0 Å². The monoisotopic (exact) mass is 356 g/mol. The second kappa shape index (κ2) is 9.01. The number of carbonyl (C=O) groups excluding carboxylic acids is 2. The van der Waals surface area contributed by atoms with Crippen LogP contribution in [0.4, 0.5) is 5.69 Å². The maximum absolute atomic E-state index is 12.1. The maximum atomic E-state index is 12.1. The maximum Gasteiger partial charge on any atom is 0.313 e. The molecule has 0 aliphatic carbocycles. The summed E-state index contributed by atoms with van der Waals surface area (Å²) in [5.41, 5.74) is 3.37. The van der Waals surface area contributed by atoms with Crippen LogP contribution in [0.2, 0.25) is 0 Å². The molecule has 2 rings (SSSR count). The second-order valence-electron chi connectivity index (χ2n) is 5.98. The van der Waals surface area contributed by atoms with Crippen molar-refractivity contribution in [2.75, 3.05) is 26.1 Å². The third-order valence-electron chi connectivity index (χ3n) is 4.05. The summed E-state index contributed by atoms with van der Waals surface area (Å²) < 4.78 is 10.6. The van der Waals surface area contributed by atoms with Gasteiger partial charge in [0.05, 0.1) is 13.2 Å². The lowest BCUT2D eigenvalue weighted by Crippen LogP contribution is -2.38. The summed E-state index contributed by atoms with van der Waals surface area (Å²) in [7, 11) is 3.13. The predicted molar refractivity (Wildman–Crippen MR) is 100 cm³/mol. The van der Waals surface area contributed by atoms with E-state index in [4.69, 9.17) is 9.47 Å². The zero-order chi connectivity index (χ0) is 19.1. The molecule has 2 aromatic rings. The SMILES string of the molecule is COc1cccc(C(CNC(=O)C(=O)Nc2cc(C)ccc2C)OC)c1. The quantitative estimate of drug-likeness (QED) is 0.781. The molecule has 2 amide bonds. The second-order valence-corrected chi connectivity index (χ2v) is 5.98. The van der Waals surface area contributed by atoms with Gasteiger partial charge in [-0.1, -0.05) is 24.3 Å². The van der Waals surface area contributed by atoms with Gasteiger partial charge in [0.25, 0.3) is 0 Å². The number of anilines is 1. The Balaban J connectivity index is 1.97. The summed E-state index contributed by atoms with van der Waals surface area (Å²) in [6, 6.07) is 13.0. The topological polar surface area (TPSA) is 76.7 Å². The first kappa shape index (κ1) is 19.5. The molecule has 6 heteroatoms. The Bertz CT molecular complexity index is 789. The van der Waals surface area contributed by atoms with E-state index in [1.807, 2.05) is 56.3 Å². The van der Waals surface area contributed by atoms with Crippen LogP contribution >= 0.6 is 0 Å². The number of hydrogen-bond donors (Lipinski definition) is 2. The van der Waals surface area contributed by atoms with E-state index in [0.29, 0.717) is 11.4 Å². The zero-order valence-corrected chi connectivity index (χ0v) is 15.5. The van der Waals surface area contributed by atoms with E-state index < -0.39 is 11.8 Å². The largest absolute Gasteiger partial charge is 0.497 e. The Morgan fingerprint density at radius 1 is 1.04 bits per heavy atom. The van der Waals surface area contributed by atoms with Crippen LogP contribution in [0.1, 0.15) is 22.8 Å². The van der Waals surface area contributed by atoms with Gasteiger partial charge in [-0.05, 0) is 48.7 Å². The molecule has 0 bridgehead atoms. The Kier molecular flexibility index (Phi) is 6.74. The molecular weight excluding hydrogens is 332 g/mol. The molecule has 0 aliphatic heterocycles. The smallest absolute Gasteiger partial charge is 0.313 e. The van der Waals surface area contributed by atoms with E-state index in [-0.39, 0.29) is 12.6 Å². The number of benzene rings is 2. The summed E-state index contributed by atoms with van der Waals surface area (Å²) in [4.78, 5) is 24.2. The molecule has 0 radical (unpaired) electrons. The van der Waals surface area contributed by atoms with Crippen molar-refractivity contribution in [3.05, 3.63) is 59.2 Å². The summed E-state index contributed by atoms with van der Waals surface area (Å²) in [5.74, 6) is -0.724. The molecule has 2 aromatic carbocycles. The summed E-state index contributed by atoms with van der Waals surface area (Å²) in [6.07, 6.45) is -0.387. The van der Waals surface area contributed by atoms with Crippen LogP contribution in [-0.4, -0.2) is 32.6 Å². The molecule has 0 saturated carbocycles. The Labute approximate surface area is 153 Å². The van der Waals surface area contributed by atoms with Gasteiger partial charge in [0.1, 0.15) is 5.75 Å². The summed E-state index contributed by atoms with van der Waals surface area (Å²) in [6.45, 7) is 3.96. The molecule has 1 unspecified atom stereocenters. The van der Waals surface area contributed by atoms with Crippen molar-refractivity contribution in [1.29, 1.82) is 0 Å². The van der Waals surface area contributed by atoms with Crippen LogP contribution in [0.25, 0.3) is 0 Å². The van der Waals surface area contributed by atoms with E-state index in [9.17, 15) is 9.59 Å².